The average molecular weight is 295 g/mol. The number of rotatable bonds is 3. The van der Waals surface area contributed by atoms with Gasteiger partial charge in [0.05, 0.1) is 0 Å². The molecule has 0 bridgehead atoms. The minimum atomic E-state index is 0. The predicted octanol–water partition coefficient (Wildman–Crippen LogP) is 0.983. The summed E-state index contributed by atoms with van der Waals surface area (Å²) >= 11 is 0. The number of aromatic nitrogens is 2. The first-order valence-electron chi connectivity index (χ1n) is 5.74. The van der Waals surface area contributed by atoms with Gasteiger partial charge in [-0.3, -0.25) is 9.48 Å². The molecule has 0 saturated carbocycles. The van der Waals surface area contributed by atoms with Crippen molar-refractivity contribution in [1.82, 2.24) is 20.4 Å². The Morgan fingerprint density at radius 1 is 1.56 bits per heavy atom. The van der Waals surface area contributed by atoms with Crippen molar-refractivity contribution in [3.8, 4) is 0 Å². The van der Waals surface area contributed by atoms with E-state index >= 15 is 0 Å². The molecule has 2 heterocycles. The fourth-order valence-corrected chi connectivity index (χ4v) is 2.08. The Kier molecular flexibility index (Phi) is 7.98. The molecule has 2 unspecified atom stereocenters. The first kappa shape index (κ1) is 17.2. The zero-order valence-electron chi connectivity index (χ0n) is 10.3. The van der Waals surface area contributed by atoms with E-state index in [1.54, 1.807) is 17.1 Å². The molecule has 0 aromatic carbocycles. The smallest absolute Gasteiger partial charge is 0.241 e. The monoisotopic (exact) mass is 294 g/mol. The molecular formula is C11H20Cl2N4O. The van der Waals surface area contributed by atoms with E-state index in [2.05, 4.69) is 22.7 Å². The number of carbonyl (C=O) groups is 1. The molecule has 104 valence electrons. The third-order valence-electron chi connectivity index (χ3n) is 2.85. The molecule has 2 N–H and O–H groups in total. The standard InChI is InChI=1S/C11H18N4O.2ClH/c1-9-7-10(3-5-12-9)14-11(16)8-15-6-2-4-13-15;;/h2,4,6,9-10,12H,3,5,7-8H2,1H3,(H,14,16);2*1H. The molecule has 5 nitrogen and oxygen atoms in total. The van der Waals surface area contributed by atoms with Crippen molar-refractivity contribution in [3.05, 3.63) is 18.5 Å². The summed E-state index contributed by atoms with van der Waals surface area (Å²) < 4.78 is 1.64. The molecular weight excluding hydrogens is 275 g/mol. The molecule has 1 aliphatic heterocycles. The number of halogens is 2. The van der Waals surface area contributed by atoms with Gasteiger partial charge < -0.3 is 10.6 Å². The molecule has 1 amide bonds. The Balaban J connectivity index is 0.00000144. The second kappa shape index (κ2) is 8.34. The van der Waals surface area contributed by atoms with Crippen molar-refractivity contribution in [2.24, 2.45) is 0 Å². The molecule has 1 aromatic heterocycles. The summed E-state index contributed by atoms with van der Waals surface area (Å²) in [6, 6.07) is 2.61. The minimum Gasteiger partial charge on any atom is -0.352 e. The van der Waals surface area contributed by atoms with E-state index in [1.165, 1.54) is 0 Å². The van der Waals surface area contributed by atoms with Crippen LogP contribution in [0.2, 0.25) is 0 Å². The van der Waals surface area contributed by atoms with Gasteiger partial charge in [-0.25, -0.2) is 0 Å². The molecule has 1 saturated heterocycles. The summed E-state index contributed by atoms with van der Waals surface area (Å²) in [5.74, 6) is 0.0443. The summed E-state index contributed by atoms with van der Waals surface area (Å²) in [7, 11) is 0. The first-order valence-corrected chi connectivity index (χ1v) is 5.74. The Hall–Kier alpha value is -0.780. The number of nitrogens with one attached hydrogen (secondary N) is 2. The summed E-state index contributed by atoms with van der Waals surface area (Å²) in [4.78, 5) is 11.7. The van der Waals surface area contributed by atoms with Crippen molar-refractivity contribution in [2.75, 3.05) is 6.54 Å². The van der Waals surface area contributed by atoms with Crippen molar-refractivity contribution < 1.29 is 4.79 Å². The zero-order valence-corrected chi connectivity index (χ0v) is 12.0. The number of nitrogens with zero attached hydrogens (tertiary/aromatic N) is 2. The number of hydrogen-bond acceptors (Lipinski definition) is 3. The van der Waals surface area contributed by atoms with Crippen LogP contribution in [0.3, 0.4) is 0 Å². The highest BCUT2D eigenvalue weighted by molar-refractivity contribution is 5.85. The zero-order chi connectivity index (χ0) is 11.4. The minimum absolute atomic E-state index is 0. The van der Waals surface area contributed by atoms with E-state index in [0.717, 1.165) is 19.4 Å². The molecule has 2 rings (SSSR count). The fraction of sp³-hybridized carbons (Fsp3) is 0.636. The van der Waals surface area contributed by atoms with E-state index in [-0.39, 0.29) is 30.7 Å². The molecule has 0 radical (unpaired) electrons. The van der Waals surface area contributed by atoms with E-state index in [9.17, 15) is 4.79 Å². The van der Waals surface area contributed by atoms with Crippen LogP contribution in [0.1, 0.15) is 19.8 Å². The van der Waals surface area contributed by atoms with Gasteiger partial charge in [-0.05, 0) is 32.4 Å². The number of hydrogen-bond donors (Lipinski definition) is 2. The SMILES string of the molecule is CC1CC(NC(=O)Cn2cccn2)CCN1.Cl.Cl. The van der Waals surface area contributed by atoms with Crippen LogP contribution in [0.4, 0.5) is 0 Å². The van der Waals surface area contributed by atoms with Crippen LogP contribution in [-0.2, 0) is 11.3 Å². The van der Waals surface area contributed by atoms with Crippen LogP contribution in [0.5, 0.6) is 0 Å². The molecule has 1 fully saturated rings. The Morgan fingerprint density at radius 3 is 2.94 bits per heavy atom. The highest BCUT2D eigenvalue weighted by atomic mass is 35.5. The predicted molar refractivity (Wildman–Crippen MR) is 75.4 cm³/mol. The van der Waals surface area contributed by atoms with Crippen molar-refractivity contribution in [3.63, 3.8) is 0 Å². The number of piperidine rings is 1. The van der Waals surface area contributed by atoms with Gasteiger partial charge in [0.25, 0.3) is 0 Å². The summed E-state index contributed by atoms with van der Waals surface area (Å²) in [5.41, 5.74) is 0. The average Bonchev–Trinajstić information content (AvgIpc) is 2.70. The lowest BCUT2D eigenvalue weighted by Gasteiger charge is -2.28. The molecule has 7 heteroatoms. The fourth-order valence-electron chi connectivity index (χ4n) is 2.08. The quantitative estimate of drug-likeness (QED) is 0.874. The highest BCUT2D eigenvalue weighted by Gasteiger charge is 2.19. The van der Waals surface area contributed by atoms with E-state index in [4.69, 9.17) is 0 Å². The van der Waals surface area contributed by atoms with E-state index in [0.29, 0.717) is 18.6 Å². The molecule has 0 spiro atoms. The summed E-state index contributed by atoms with van der Waals surface area (Å²) in [5, 5.41) is 10.4. The van der Waals surface area contributed by atoms with Gasteiger partial charge in [0.2, 0.25) is 5.91 Å². The van der Waals surface area contributed by atoms with Crippen LogP contribution in [0, 0.1) is 0 Å². The van der Waals surface area contributed by atoms with Crippen LogP contribution in [0.15, 0.2) is 18.5 Å². The van der Waals surface area contributed by atoms with E-state index in [1.807, 2.05) is 6.07 Å². The summed E-state index contributed by atoms with van der Waals surface area (Å²) in [6.45, 7) is 3.44. The molecule has 1 aliphatic rings. The van der Waals surface area contributed by atoms with Gasteiger partial charge in [0.1, 0.15) is 6.54 Å². The van der Waals surface area contributed by atoms with Gasteiger partial charge in [-0.2, -0.15) is 5.10 Å². The summed E-state index contributed by atoms with van der Waals surface area (Å²) in [6.07, 6.45) is 5.49. The second-order valence-electron chi connectivity index (χ2n) is 4.35. The Bertz CT molecular complexity index is 345. The van der Waals surface area contributed by atoms with Crippen molar-refractivity contribution in [2.45, 2.75) is 38.4 Å². The van der Waals surface area contributed by atoms with Crippen LogP contribution in [0.25, 0.3) is 0 Å². The molecule has 0 aliphatic carbocycles. The lowest BCUT2D eigenvalue weighted by atomic mass is 10.0. The number of carbonyl (C=O) groups excluding carboxylic acids is 1. The van der Waals surface area contributed by atoms with Crippen LogP contribution < -0.4 is 10.6 Å². The third-order valence-corrected chi connectivity index (χ3v) is 2.85. The third kappa shape index (κ3) is 5.25. The van der Waals surface area contributed by atoms with Crippen LogP contribution in [-0.4, -0.2) is 34.3 Å². The van der Waals surface area contributed by atoms with Gasteiger partial charge in [-0.15, -0.1) is 24.8 Å². The maximum absolute atomic E-state index is 11.7. The van der Waals surface area contributed by atoms with Gasteiger partial charge in [-0.1, -0.05) is 0 Å². The first-order chi connectivity index (χ1) is 7.74. The largest absolute Gasteiger partial charge is 0.352 e. The van der Waals surface area contributed by atoms with Crippen molar-refractivity contribution >= 4 is 30.7 Å². The molecule has 2 atom stereocenters. The lowest BCUT2D eigenvalue weighted by Crippen LogP contribution is -2.47. The Morgan fingerprint density at radius 2 is 2.33 bits per heavy atom. The molecule has 1 aromatic rings. The van der Waals surface area contributed by atoms with Crippen LogP contribution >= 0.6 is 24.8 Å². The maximum atomic E-state index is 11.7. The molecule has 18 heavy (non-hydrogen) atoms. The van der Waals surface area contributed by atoms with Gasteiger partial charge in [0.15, 0.2) is 0 Å². The highest BCUT2D eigenvalue weighted by Crippen LogP contribution is 2.07. The van der Waals surface area contributed by atoms with Crippen molar-refractivity contribution in [1.29, 1.82) is 0 Å². The Labute approximate surface area is 120 Å². The van der Waals surface area contributed by atoms with E-state index < -0.39 is 0 Å². The van der Waals surface area contributed by atoms with Gasteiger partial charge in [0, 0.05) is 24.5 Å². The normalized spacial score (nSPS) is 22.5. The lowest BCUT2D eigenvalue weighted by molar-refractivity contribution is -0.122. The second-order valence-corrected chi connectivity index (χ2v) is 4.35. The number of amides is 1. The van der Waals surface area contributed by atoms with Gasteiger partial charge >= 0.3 is 0 Å². The maximum Gasteiger partial charge on any atom is 0.241 e. The topological polar surface area (TPSA) is 59.0 Å².